The number of halogens is 3. The van der Waals surface area contributed by atoms with Crippen LogP contribution in [-0.4, -0.2) is 0 Å². The maximum Gasteiger partial charge on any atom is 2.00 e. The zero-order valence-electron chi connectivity index (χ0n) is 1.99. The molecule has 0 spiro atoms. The molecule has 32 valence electrons. The van der Waals surface area contributed by atoms with Crippen LogP contribution in [0.5, 0.6) is 0 Å². The molecule has 0 saturated heterocycles. The Hall–Kier alpha value is 1.39. The monoisotopic (exact) mass is 173 g/mol. The number of hydrogen-bond donors (Lipinski definition) is 0. The van der Waals surface area contributed by atoms with E-state index in [9.17, 15) is 0 Å². The molecule has 0 nitrogen and oxygen atoms in total. The molecule has 0 heterocycles. The zero-order valence-corrected chi connectivity index (χ0v) is 5.36. The van der Waals surface area contributed by atoms with Crippen LogP contribution in [-0.2, 0) is 17.1 Å². The summed E-state index contributed by atoms with van der Waals surface area (Å²) in [5.74, 6) is 0. The van der Waals surface area contributed by atoms with Crippen LogP contribution in [0.4, 0.5) is 0 Å². The molecule has 0 atom stereocenters. The molecular formula is CCl3Fe+. The smallest absolute Gasteiger partial charge is 0.312 e. The van der Waals surface area contributed by atoms with Gasteiger partial charge in [0.15, 0.2) is 0 Å². The average Bonchev–Trinajstić information content (AvgIpc) is 0.811. The van der Waals surface area contributed by atoms with Crippen molar-refractivity contribution in [1.82, 2.24) is 0 Å². The second-order valence-corrected chi connectivity index (χ2v) is 1.93. The molecule has 0 aliphatic heterocycles. The summed E-state index contributed by atoms with van der Waals surface area (Å²) in [6, 6.07) is 0. The van der Waals surface area contributed by atoms with Crippen LogP contribution in [0.1, 0.15) is 0 Å². The van der Waals surface area contributed by atoms with E-state index in [-0.39, 0.29) is 21.4 Å². The van der Waals surface area contributed by atoms with E-state index < -0.39 is 0 Å². The van der Waals surface area contributed by atoms with Gasteiger partial charge in [-0.2, -0.15) is 0 Å². The van der Waals surface area contributed by atoms with Gasteiger partial charge in [0.2, 0.25) is 0 Å². The van der Waals surface area contributed by atoms with E-state index in [1.807, 2.05) is 0 Å². The van der Waals surface area contributed by atoms with Crippen molar-refractivity contribution >= 4 is 34.8 Å². The van der Waals surface area contributed by atoms with Crippen LogP contribution in [0.2, 0.25) is 0 Å². The second kappa shape index (κ2) is 5.39. The molecule has 0 aliphatic rings. The summed E-state index contributed by atoms with van der Waals surface area (Å²) in [5, 5.41) is 0. The summed E-state index contributed by atoms with van der Waals surface area (Å²) in [7, 11) is 0. The minimum absolute atomic E-state index is 0. The maximum absolute atomic E-state index is 4.72. The molecule has 0 unspecified atom stereocenters. The Morgan fingerprint density at radius 1 is 1.00 bits per heavy atom. The third kappa shape index (κ3) is 32.1. The van der Waals surface area contributed by atoms with E-state index in [4.69, 9.17) is 34.8 Å². The number of rotatable bonds is 0. The molecule has 0 aromatic carbocycles. The fourth-order valence-electron chi connectivity index (χ4n) is 0. The SMILES string of the molecule is Cl[C-](Cl)Cl.[Fe+2]. The molecule has 5 heavy (non-hydrogen) atoms. The van der Waals surface area contributed by atoms with Crippen LogP contribution < -0.4 is 0 Å². The van der Waals surface area contributed by atoms with Crippen LogP contribution in [0.15, 0.2) is 0 Å². The second-order valence-electron chi connectivity index (χ2n) is 0.214. The van der Waals surface area contributed by atoms with Gasteiger partial charge >= 0.3 is 17.1 Å². The van der Waals surface area contributed by atoms with Crippen LogP contribution in [0.25, 0.3) is 0 Å². The third-order valence-corrected chi connectivity index (χ3v) is 0. The van der Waals surface area contributed by atoms with Gasteiger partial charge in [0.25, 0.3) is 0 Å². The van der Waals surface area contributed by atoms with Gasteiger partial charge in [0, 0.05) is 0 Å². The third-order valence-electron chi connectivity index (χ3n) is 0. The Labute approximate surface area is 56.2 Å². The van der Waals surface area contributed by atoms with E-state index in [0.717, 1.165) is 0 Å². The molecule has 0 aromatic heterocycles. The minimum atomic E-state index is -0.167. The molecule has 0 amide bonds. The Morgan fingerprint density at radius 3 is 1.00 bits per heavy atom. The van der Waals surface area contributed by atoms with Gasteiger partial charge in [-0.25, -0.2) is 0 Å². The quantitative estimate of drug-likeness (QED) is 0.390. The van der Waals surface area contributed by atoms with Crippen molar-refractivity contribution in [3.05, 3.63) is 4.30 Å². The van der Waals surface area contributed by atoms with Gasteiger partial charge in [-0.1, -0.05) is 4.30 Å². The summed E-state index contributed by atoms with van der Waals surface area (Å²) >= 11 is 14.2. The predicted molar refractivity (Wildman–Crippen MR) is 20.8 cm³/mol. The molecule has 0 rings (SSSR count). The fourth-order valence-corrected chi connectivity index (χ4v) is 0. The first-order valence-corrected chi connectivity index (χ1v) is 1.70. The van der Waals surface area contributed by atoms with Crippen molar-refractivity contribution < 1.29 is 17.1 Å². The summed E-state index contributed by atoms with van der Waals surface area (Å²) in [6.45, 7) is 0. The Kier molecular flexibility index (Phi) is 10.4. The van der Waals surface area contributed by atoms with E-state index in [2.05, 4.69) is 0 Å². The topological polar surface area (TPSA) is 0 Å². The van der Waals surface area contributed by atoms with Crippen molar-refractivity contribution in [2.45, 2.75) is 0 Å². The molecule has 0 radical (unpaired) electrons. The molecule has 0 N–H and O–H groups in total. The average molecular weight is 174 g/mol. The minimum Gasteiger partial charge on any atom is -0.312 e. The van der Waals surface area contributed by atoms with Crippen molar-refractivity contribution in [2.24, 2.45) is 0 Å². The first kappa shape index (κ1) is 9.63. The van der Waals surface area contributed by atoms with E-state index >= 15 is 0 Å². The van der Waals surface area contributed by atoms with Gasteiger partial charge in [-0.05, 0) is 0 Å². The van der Waals surface area contributed by atoms with Crippen molar-refractivity contribution in [3.63, 3.8) is 0 Å². The van der Waals surface area contributed by atoms with Crippen molar-refractivity contribution in [3.8, 4) is 0 Å². The summed E-state index contributed by atoms with van der Waals surface area (Å²) in [6.07, 6.45) is 0. The first-order valence-electron chi connectivity index (χ1n) is 0.567. The standard InChI is InChI=1S/CCl3.Fe/c2-1(3)4;/q-1;+2. The van der Waals surface area contributed by atoms with Gasteiger partial charge in [-0.3, -0.25) is 0 Å². The summed E-state index contributed by atoms with van der Waals surface area (Å²) in [4.78, 5) is 0. The Morgan fingerprint density at radius 2 is 1.00 bits per heavy atom. The fraction of sp³-hybridized carbons (Fsp3) is 0. The molecule has 0 fully saturated rings. The first-order chi connectivity index (χ1) is 1.73. The van der Waals surface area contributed by atoms with E-state index in [1.165, 1.54) is 0 Å². The van der Waals surface area contributed by atoms with Gasteiger partial charge < -0.3 is 34.8 Å². The van der Waals surface area contributed by atoms with Gasteiger partial charge in [0.1, 0.15) is 0 Å². The molecular weight excluding hydrogens is 174 g/mol. The molecule has 0 aliphatic carbocycles. The van der Waals surface area contributed by atoms with Gasteiger partial charge in [0.05, 0.1) is 0 Å². The Balaban J connectivity index is 0. The Bertz CT molecular complexity index is 11.6. The van der Waals surface area contributed by atoms with Crippen molar-refractivity contribution in [2.75, 3.05) is 0 Å². The molecule has 4 heteroatoms. The molecule has 0 aromatic rings. The van der Waals surface area contributed by atoms with E-state index in [1.54, 1.807) is 0 Å². The largest absolute Gasteiger partial charge is 2.00 e. The summed E-state index contributed by atoms with van der Waals surface area (Å²) in [5.41, 5.74) is 0. The van der Waals surface area contributed by atoms with Crippen LogP contribution >= 0.6 is 34.8 Å². The van der Waals surface area contributed by atoms with Crippen molar-refractivity contribution in [1.29, 1.82) is 0 Å². The van der Waals surface area contributed by atoms with Crippen LogP contribution in [0.3, 0.4) is 0 Å². The zero-order chi connectivity index (χ0) is 3.58. The molecule has 0 bridgehead atoms. The normalized spacial score (nSPS) is 7.20. The van der Waals surface area contributed by atoms with E-state index in [0.29, 0.717) is 0 Å². The summed E-state index contributed by atoms with van der Waals surface area (Å²) < 4.78 is -0.167. The maximum atomic E-state index is 4.72. The van der Waals surface area contributed by atoms with Gasteiger partial charge in [-0.15, -0.1) is 0 Å². The molecule has 0 saturated carbocycles. The van der Waals surface area contributed by atoms with Crippen LogP contribution in [0, 0.1) is 4.30 Å². The number of hydrogen-bond acceptors (Lipinski definition) is 0. The predicted octanol–water partition coefficient (Wildman–Crippen LogP) is 2.15.